The minimum absolute atomic E-state index is 0. The van der Waals surface area contributed by atoms with Crippen LogP contribution in [-0.2, 0) is 0 Å². The van der Waals surface area contributed by atoms with E-state index in [2.05, 4.69) is 4.74 Å². The number of nitro groups is 1. The van der Waals surface area contributed by atoms with E-state index in [-0.39, 0.29) is 57.1 Å². The Balaban J connectivity index is 0.00000256. The molecular formula is C8H8BF3KNO3. The number of halogens is 3. The van der Waals surface area contributed by atoms with Crippen LogP contribution in [0, 0.1) is 17.0 Å². The Morgan fingerprint density at radius 2 is 1.88 bits per heavy atom. The predicted molar refractivity (Wildman–Crippen MR) is 53.1 cm³/mol. The van der Waals surface area contributed by atoms with Gasteiger partial charge in [0.25, 0.3) is 0 Å². The van der Waals surface area contributed by atoms with Crippen LogP contribution < -0.4 is 61.6 Å². The van der Waals surface area contributed by atoms with E-state index in [0.717, 1.165) is 19.1 Å². The third kappa shape index (κ3) is 3.68. The zero-order valence-corrected chi connectivity index (χ0v) is 12.7. The maximum Gasteiger partial charge on any atom is 1.00 e. The number of hydrogen-bond donors (Lipinski definition) is 0. The number of methoxy groups -OCH3 is 1. The van der Waals surface area contributed by atoms with Crippen molar-refractivity contribution in [3.05, 3.63) is 27.8 Å². The molecule has 88 valence electrons. The minimum Gasteiger partial charge on any atom is -0.490 e. The van der Waals surface area contributed by atoms with Crippen LogP contribution in [0.2, 0.25) is 0 Å². The van der Waals surface area contributed by atoms with Crippen molar-refractivity contribution in [2.75, 3.05) is 7.11 Å². The molecule has 0 spiro atoms. The van der Waals surface area contributed by atoms with E-state index < -0.39 is 28.6 Å². The van der Waals surface area contributed by atoms with Crippen LogP contribution in [0.3, 0.4) is 0 Å². The van der Waals surface area contributed by atoms with Gasteiger partial charge in [0.05, 0.1) is 12.0 Å². The summed E-state index contributed by atoms with van der Waals surface area (Å²) in [5.74, 6) is -0.175. The van der Waals surface area contributed by atoms with Crippen molar-refractivity contribution in [2.24, 2.45) is 0 Å². The molecule has 0 bridgehead atoms. The van der Waals surface area contributed by atoms with Gasteiger partial charge in [-0.05, 0) is 13.0 Å². The molecule has 0 amide bonds. The summed E-state index contributed by atoms with van der Waals surface area (Å²) < 4.78 is 42.2. The van der Waals surface area contributed by atoms with Crippen LogP contribution in [0.5, 0.6) is 5.75 Å². The van der Waals surface area contributed by atoms with E-state index in [9.17, 15) is 23.1 Å². The molecule has 0 saturated heterocycles. The van der Waals surface area contributed by atoms with E-state index in [0.29, 0.717) is 0 Å². The molecule has 0 aromatic heterocycles. The van der Waals surface area contributed by atoms with E-state index in [1.54, 1.807) is 0 Å². The molecule has 9 heteroatoms. The molecule has 17 heavy (non-hydrogen) atoms. The Morgan fingerprint density at radius 3 is 2.24 bits per heavy atom. The number of hydrogen-bond acceptors (Lipinski definition) is 3. The zero-order chi connectivity index (χ0) is 12.5. The van der Waals surface area contributed by atoms with Crippen LogP contribution in [0.25, 0.3) is 0 Å². The van der Waals surface area contributed by atoms with Crippen LogP contribution >= 0.6 is 0 Å². The summed E-state index contributed by atoms with van der Waals surface area (Å²) in [6, 6.07) is 1.75. The van der Waals surface area contributed by atoms with Gasteiger partial charge in [-0.3, -0.25) is 10.1 Å². The maximum absolute atomic E-state index is 12.5. The summed E-state index contributed by atoms with van der Waals surface area (Å²) >= 11 is 0. The van der Waals surface area contributed by atoms with Crippen LogP contribution in [0.1, 0.15) is 5.56 Å². The second-order valence-electron chi connectivity index (χ2n) is 3.16. The van der Waals surface area contributed by atoms with Crippen molar-refractivity contribution in [1.82, 2.24) is 0 Å². The smallest absolute Gasteiger partial charge is 0.490 e. The van der Waals surface area contributed by atoms with E-state index >= 15 is 0 Å². The quantitative estimate of drug-likeness (QED) is 0.402. The number of benzene rings is 1. The number of rotatable bonds is 3. The Bertz CT molecular complexity index is 439. The number of nitro benzene ring substituents is 1. The van der Waals surface area contributed by atoms with Gasteiger partial charge in [0.15, 0.2) is 5.75 Å². The number of ether oxygens (including phenoxy) is 1. The fraction of sp³-hybridized carbons (Fsp3) is 0.250. The first-order valence-electron chi connectivity index (χ1n) is 4.31. The molecule has 0 aliphatic heterocycles. The Kier molecular flexibility index (Phi) is 6.16. The van der Waals surface area contributed by atoms with Crippen molar-refractivity contribution in [3.63, 3.8) is 0 Å². The summed E-state index contributed by atoms with van der Waals surface area (Å²) in [5, 5.41) is 10.6. The van der Waals surface area contributed by atoms with Crippen LogP contribution in [-0.4, -0.2) is 19.0 Å². The SMILES string of the molecule is COc1ccc([B-](F)(F)F)c(C)c1[N+](=O)[O-].[K+]. The van der Waals surface area contributed by atoms with E-state index in [1.807, 2.05) is 0 Å². The summed E-state index contributed by atoms with van der Waals surface area (Å²) in [6.45, 7) is -4.20. The summed E-state index contributed by atoms with van der Waals surface area (Å²) in [5.41, 5.74) is -2.02. The molecule has 1 rings (SSSR count). The fourth-order valence-electron chi connectivity index (χ4n) is 1.44. The van der Waals surface area contributed by atoms with Crippen molar-refractivity contribution in [3.8, 4) is 5.75 Å². The molecule has 0 aliphatic carbocycles. The molecule has 0 saturated carbocycles. The molecule has 0 atom stereocenters. The van der Waals surface area contributed by atoms with Gasteiger partial charge in [0.1, 0.15) is 0 Å². The first kappa shape index (κ1) is 16.9. The van der Waals surface area contributed by atoms with Gasteiger partial charge in [-0.2, -0.15) is 0 Å². The average molecular weight is 273 g/mol. The summed E-state index contributed by atoms with van der Waals surface area (Å²) in [6.07, 6.45) is 0. The van der Waals surface area contributed by atoms with Gasteiger partial charge in [-0.15, -0.1) is 0 Å². The van der Waals surface area contributed by atoms with Gasteiger partial charge in [0, 0.05) is 5.56 Å². The Morgan fingerprint density at radius 1 is 1.35 bits per heavy atom. The molecule has 0 unspecified atom stereocenters. The van der Waals surface area contributed by atoms with Crippen LogP contribution in [0.15, 0.2) is 12.1 Å². The number of nitrogens with zero attached hydrogens (tertiary/aromatic N) is 1. The first-order chi connectivity index (χ1) is 7.29. The third-order valence-corrected chi connectivity index (χ3v) is 2.19. The average Bonchev–Trinajstić information content (AvgIpc) is 2.14. The van der Waals surface area contributed by atoms with Gasteiger partial charge in [0.2, 0.25) is 0 Å². The van der Waals surface area contributed by atoms with Gasteiger partial charge in [-0.25, -0.2) is 0 Å². The molecule has 1 aromatic rings. The second kappa shape index (κ2) is 6.19. The van der Waals surface area contributed by atoms with Gasteiger partial charge in [-0.1, -0.05) is 11.5 Å². The van der Waals surface area contributed by atoms with Crippen molar-refractivity contribution in [1.29, 1.82) is 0 Å². The summed E-state index contributed by atoms with van der Waals surface area (Å²) in [4.78, 5) is 9.77. The molecule has 4 nitrogen and oxygen atoms in total. The third-order valence-electron chi connectivity index (χ3n) is 2.19. The Labute approximate surface area is 138 Å². The standard InChI is InChI=1S/C8H8BF3NO3.K/c1-5-6(9(10,11)12)3-4-7(16-2)8(5)13(14)15;/h3-4H,1-2H3;/q-1;+1. The van der Waals surface area contributed by atoms with Crippen molar-refractivity contribution >= 4 is 18.1 Å². The van der Waals surface area contributed by atoms with Gasteiger partial charge >= 0.3 is 64.0 Å². The molecule has 1 aromatic carbocycles. The second-order valence-corrected chi connectivity index (χ2v) is 3.16. The first-order valence-corrected chi connectivity index (χ1v) is 4.31. The molecule has 0 heterocycles. The normalized spacial score (nSPS) is 10.6. The van der Waals surface area contributed by atoms with E-state index in [4.69, 9.17) is 0 Å². The Hall–Kier alpha value is -0.0887. The molecule has 0 aliphatic rings. The van der Waals surface area contributed by atoms with Gasteiger partial charge < -0.3 is 17.7 Å². The molecule has 0 fully saturated rings. The molecule has 0 radical (unpaired) electrons. The largest absolute Gasteiger partial charge is 1.00 e. The summed E-state index contributed by atoms with van der Waals surface area (Å²) in [7, 11) is 1.17. The predicted octanol–water partition coefficient (Wildman–Crippen LogP) is -1.03. The minimum atomic E-state index is -5.26. The molecule has 0 N–H and O–H groups in total. The maximum atomic E-state index is 12.5. The fourth-order valence-corrected chi connectivity index (χ4v) is 1.44. The van der Waals surface area contributed by atoms with Crippen molar-refractivity contribution in [2.45, 2.75) is 6.92 Å². The van der Waals surface area contributed by atoms with Crippen LogP contribution in [0.4, 0.5) is 18.6 Å². The zero-order valence-electron chi connectivity index (χ0n) is 9.54. The van der Waals surface area contributed by atoms with Crippen molar-refractivity contribution < 1.29 is 74.0 Å². The van der Waals surface area contributed by atoms with E-state index in [1.165, 1.54) is 7.11 Å². The molecular weight excluding hydrogens is 265 g/mol. The monoisotopic (exact) mass is 273 g/mol. The topological polar surface area (TPSA) is 52.4 Å².